The lowest BCUT2D eigenvalue weighted by Gasteiger charge is -2.15. The number of amides is 1. The molecule has 0 aliphatic carbocycles. The first-order chi connectivity index (χ1) is 7.66. The normalized spacial score (nSPS) is 12.5. The van der Waals surface area contributed by atoms with Crippen LogP contribution in [0.5, 0.6) is 0 Å². The number of aromatic amines is 1. The Morgan fingerprint density at radius 3 is 2.69 bits per heavy atom. The fourth-order valence-corrected chi connectivity index (χ4v) is 2.07. The summed E-state index contributed by atoms with van der Waals surface area (Å²) in [4.78, 5) is 17.0. The van der Waals surface area contributed by atoms with Gasteiger partial charge in [-0.05, 0) is 6.08 Å². The second-order valence-corrected chi connectivity index (χ2v) is 4.87. The van der Waals surface area contributed by atoms with Crippen molar-refractivity contribution in [2.24, 2.45) is 0 Å². The number of hydrogen-bond donors (Lipinski definition) is 2. The average molecular weight is 245 g/mol. The monoisotopic (exact) mass is 245 g/mol. The Kier molecular flexibility index (Phi) is 4.42. The molecule has 0 bridgehead atoms. The van der Waals surface area contributed by atoms with Crippen LogP contribution in [0.2, 0.25) is 0 Å². The summed E-state index contributed by atoms with van der Waals surface area (Å²) in [6.07, 6.45) is 4.78. The SMILES string of the molecule is COP(=O)(OC)C(=Cc1cnc[nH]1)NC=O. The smallest absolute Gasteiger partial charge is 0.345 e. The number of nitrogens with zero attached hydrogens (tertiary/aromatic N) is 1. The van der Waals surface area contributed by atoms with E-state index in [1.807, 2.05) is 0 Å². The van der Waals surface area contributed by atoms with Crippen LogP contribution in [-0.4, -0.2) is 30.6 Å². The fraction of sp³-hybridized carbons (Fsp3) is 0.250. The maximum Gasteiger partial charge on any atom is 0.377 e. The van der Waals surface area contributed by atoms with Crippen LogP contribution in [0.25, 0.3) is 6.08 Å². The van der Waals surface area contributed by atoms with Crippen molar-refractivity contribution in [3.63, 3.8) is 0 Å². The van der Waals surface area contributed by atoms with Gasteiger partial charge in [0.2, 0.25) is 6.41 Å². The minimum Gasteiger partial charge on any atom is -0.345 e. The summed E-state index contributed by atoms with van der Waals surface area (Å²) in [6, 6.07) is 0. The van der Waals surface area contributed by atoms with Gasteiger partial charge in [0.1, 0.15) is 5.44 Å². The zero-order valence-corrected chi connectivity index (χ0v) is 9.73. The van der Waals surface area contributed by atoms with Gasteiger partial charge in [-0.15, -0.1) is 0 Å². The first kappa shape index (κ1) is 12.6. The second-order valence-electron chi connectivity index (χ2n) is 2.66. The third kappa shape index (κ3) is 2.79. The predicted octanol–water partition coefficient (Wildman–Crippen LogP) is 0.940. The molecule has 0 aliphatic rings. The molecule has 1 aromatic rings. The number of H-pyrrole nitrogens is 1. The highest BCUT2D eigenvalue weighted by Crippen LogP contribution is 2.53. The number of hydrogen-bond acceptors (Lipinski definition) is 5. The summed E-state index contributed by atoms with van der Waals surface area (Å²) in [5, 5.41) is 2.28. The zero-order valence-electron chi connectivity index (χ0n) is 8.84. The highest BCUT2D eigenvalue weighted by molar-refractivity contribution is 7.58. The molecular weight excluding hydrogens is 233 g/mol. The van der Waals surface area contributed by atoms with Gasteiger partial charge in [-0.3, -0.25) is 9.36 Å². The van der Waals surface area contributed by atoms with Crippen molar-refractivity contribution in [2.75, 3.05) is 14.2 Å². The molecule has 16 heavy (non-hydrogen) atoms. The third-order valence-electron chi connectivity index (χ3n) is 1.79. The van der Waals surface area contributed by atoms with Crippen molar-refractivity contribution in [1.29, 1.82) is 0 Å². The predicted molar refractivity (Wildman–Crippen MR) is 57.4 cm³/mol. The maximum absolute atomic E-state index is 12.0. The van der Waals surface area contributed by atoms with Crippen LogP contribution in [0.15, 0.2) is 18.0 Å². The maximum atomic E-state index is 12.0. The molecule has 0 atom stereocenters. The van der Waals surface area contributed by atoms with E-state index in [-0.39, 0.29) is 5.44 Å². The van der Waals surface area contributed by atoms with E-state index < -0.39 is 7.60 Å². The molecule has 0 aromatic carbocycles. The van der Waals surface area contributed by atoms with Crippen molar-refractivity contribution in [3.8, 4) is 0 Å². The Labute approximate surface area is 92.4 Å². The topological polar surface area (TPSA) is 93.3 Å². The van der Waals surface area contributed by atoms with E-state index in [4.69, 9.17) is 9.05 Å². The Hall–Kier alpha value is -1.43. The van der Waals surface area contributed by atoms with Gasteiger partial charge in [-0.2, -0.15) is 0 Å². The standard InChI is InChI=1S/C8H12N3O4P/c1-14-16(13,15-2)8(11-6-12)3-7-4-9-5-10-7/h3-6H,1-2H3,(H,9,10)(H,11,12). The van der Waals surface area contributed by atoms with Gasteiger partial charge in [-0.25, -0.2) is 4.98 Å². The highest BCUT2D eigenvalue weighted by atomic mass is 31.2. The lowest BCUT2D eigenvalue weighted by Crippen LogP contribution is -2.12. The van der Waals surface area contributed by atoms with E-state index in [1.165, 1.54) is 32.8 Å². The van der Waals surface area contributed by atoms with Crippen molar-refractivity contribution in [3.05, 3.63) is 23.7 Å². The Bertz CT molecular complexity index is 407. The first-order valence-corrected chi connectivity index (χ1v) is 5.83. The quantitative estimate of drug-likeness (QED) is 0.574. The third-order valence-corrected chi connectivity index (χ3v) is 3.60. The van der Waals surface area contributed by atoms with Crippen LogP contribution >= 0.6 is 7.60 Å². The van der Waals surface area contributed by atoms with Crippen LogP contribution in [-0.2, 0) is 18.4 Å². The molecule has 88 valence electrons. The summed E-state index contributed by atoms with van der Waals surface area (Å²) in [5.74, 6) is 0. The minimum atomic E-state index is -3.48. The van der Waals surface area contributed by atoms with E-state index in [2.05, 4.69) is 15.3 Å². The van der Waals surface area contributed by atoms with Crippen LogP contribution in [0.4, 0.5) is 0 Å². The molecule has 0 fully saturated rings. The zero-order chi connectivity index (χ0) is 12.0. The molecule has 0 spiro atoms. The van der Waals surface area contributed by atoms with Crippen molar-refractivity contribution >= 4 is 20.1 Å². The molecule has 1 aromatic heterocycles. The van der Waals surface area contributed by atoms with E-state index in [9.17, 15) is 9.36 Å². The van der Waals surface area contributed by atoms with Crippen molar-refractivity contribution in [2.45, 2.75) is 0 Å². The Morgan fingerprint density at radius 2 is 2.25 bits per heavy atom. The van der Waals surface area contributed by atoms with Gasteiger partial charge in [0.05, 0.1) is 18.2 Å². The largest absolute Gasteiger partial charge is 0.377 e. The Morgan fingerprint density at radius 1 is 1.56 bits per heavy atom. The van der Waals surface area contributed by atoms with E-state index >= 15 is 0 Å². The van der Waals surface area contributed by atoms with Gasteiger partial charge in [0, 0.05) is 14.2 Å². The van der Waals surface area contributed by atoms with Gasteiger partial charge >= 0.3 is 7.60 Å². The summed E-state index contributed by atoms with van der Waals surface area (Å²) >= 11 is 0. The lowest BCUT2D eigenvalue weighted by molar-refractivity contribution is -0.108. The summed E-state index contributed by atoms with van der Waals surface area (Å²) < 4.78 is 21.5. The minimum absolute atomic E-state index is 0.0387. The number of aromatic nitrogens is 2. The van der Waals surface area contributed by atoms with Crippen LogP contribution in [0, 0.1) is 0 Å². The molecule has 7 nitrogen and oxygen atoms in total. The van der Waals surface area contributed by atoms with Crippen LogP contribution in [0.3, 0.4) is 0 Å². The molecule has 1 heterocycles. The molecular formula is C8H12N3O4P. The number of rotatable bonds is 6. The van der Waals surface area contributed by atoms with Gasteiger partial charge in [0.25, 0.3) is 0 Å². The van der Waals surface area contributed by atoms with E-state index in [0.717, 1.165) is 0 Å². The summed E-state index contributed by atoms with van der Waals surface area (Å²) in [6.45, 7) is 0. The van der Waals surface area contributed by atoms with E-state index in [1.54, 1.807) is 0 Å². The molecule has 0 radical (unpaired) electrons. The highest BCUT2D eigenvalue weighted by Gasteiger charge is 2.27. The second kappa shape index (κ2) is 5.60. The van der Waals surface area contributed by atoms with Gasteiger partial charge in [-0.1, -0.05) is 0 Å². The van der Waals surface area contributed by atoms with Crippen molar-refractivity contribution < 1.29 is 18.4 Å². The van der Waals surface area contributed by atoms with Crippen LogP contribution < -0.4 is 5.32 Å². The number of nitrogens with one attached hydrogen (secondary N) is 2. The molecule has 0 aliphatic heterocycles. The summed E-state index contributed by atoms with van der Waals surface area (Å²) in [7, 11) is -1.01. The lowest BCUT2D eigenvalue weighted by atomic mass is 10.5. The van der Waals surface area contributed by atoms with Crippen molar-refractivity contribution in [1.82, 2.24) is 15.3 Å². The number of carbonyl (C=O) groups is 1. The summed E-state index contributed by atoms with van der Waals surface area (Å²) in [5.41, 5.74) is 0.607. The molecule has 8 heteroatoms. The molecule has 0 unspecified atom stereocenters. The van der Waals surface area contributed by atoms with Gasteiger partial charge in [0.15, 0.2) is 0 Å². The molecule has 0 saturated heterocycles. The molecule has 0 saturated carbocycles. The first-order valence-electron chi connectivity index (χ1n) is 4.28. The number of carbonyl (C=O) groups excluding carboxylic acids is 1. The van der Waals surface area contributed by atoms with Gasteiger partial charge < -0.3 is 19.3 Å². The fourth-order valence-electron chi connectivity index (χ4n) is 1.02. The average Bonchev–Trinajstić information content (AvgIpc) is 2.80. The number of imidazole rings is 1. The Balaban J connectivity index is 3.08. The molecule has 1 amide bonds. The van der Waals surface area contributed by atoms with E-state index in [0.29, 0.717) is 12.1 Å². The van der Waals surface area contributed by atoms with Crippen LogP contribution in [0.1, 0.15) is 5.69 Å². The molecule has 2 N–H and O–H groups in total. The molecule has 1 rings (SSSR count).